The molecular weight excluding hydrogens is 701 g/mol. The second kappa shape index (κ2) is 12.1. The van der Waals surface area contributed by atoms with Crippen molar-refractivity contribution in [3.05, 3.63) is 211 Å². The highest BCUT2D eigenvalue weighted by Crippen LogP contribution is 2.53. The van der Waals surface area contributed by atoms with E-state index in [1.807, 2.05) is 0 Å². The molecule has 0 bridgehead atoms. The normalized spacial score (nSPS) is 18.2. The first kappa shape index (κ1) is 33.3. The maximum atomic E-state index is 2.63. The summed E-state index contributed by atoms with van der Waals surface area (Å²) in [4.78, 5) is 2.41. The monoisotopic (exact) mass is 742 g/mol. The van der Waals surface area contributed by atoms with Gasteiger partial charge in [0, 0.05) is 44.1 Å². The fraction of sp³-hybridized carbons (Fsp3) is 0.107. The molecule has 2 heteroatoms. The van der Waals surface area contributed by atoms with Crippen LogP contribution in [-0.4, -0.2) is 4.57 Å². The van der Waals surface area contributed by atoms with Crippen LogP contribution in [-0.2, 0) is 10.8 Å². The predicted molar refractivity (Wildman–Crippen MR) is 245 cm³/mol. The van der Waals surface area contributed by atoms with E-state index in [9.17, 15) is 0 Å². The van der Waals surface area contributed by atoms with Crippen molar-refractivity contribution in [3.8, 4) is 33.4 Å². The molecular formula is C56H42N2. The van der Waals surface area contributed by atoms with E-state index in [2.05, 4.69) is 224 Å². The zero-order valence-corrected chi connectivity index (χ0v) is 32.9. The number of allylic oxidation sites excluding steroid dienone is 4. The van der Waals surface area contributed by atoms with Crippen LogP contribution in [0.1, 0.15) is 43.5 Å². The molecule has 0 saturated carbocycles. The number of hydrogen-bond donors (Lipinski definition) is 0. The van der Waals surface area contributed by atoms with Gasteiger partial charge in [0.15, 0.2) is 0 Å². The number of rotatable bonds is 5. The first-order valence-corrected chi connectivity index (χ1v) is 20.5. The average Bonchev–Trinajstić information content (AvgIpc) is 3.72. The van der Waals surface area contributed by atoms with Crippen molar-refractivity contribution < 1.29 is 0 Å². The number of fused-ring (bicyclic) bond motifs is 9. The average molecular weight is 743 g/mol. The van der Waals surface area contributed by atoms with Gasteiger partial charge in [-0.15, -0.1) is 0 Å². The number of nitrogens with zero attached hydrogens (tertiary/aromatic N) is 2. The summed E-state index contributed by atoms with van der Waals surface area (Å²) in [5, 5.41) is 5.34. The molecule has 2 aliphatic carbocycles. The Kier molecular flexibility index (Phi) is 6.91. The van der Waals surface area contributed by atoms with Crippen LogP contribution in [0.5, 0.6) is 0 Å². The van der Waals surface area contributed by atoms with Gasteiger partial charge >= 0.3 is 0 Å². The maximum absolute atomic E-state index is 2.63. The predicted octanol–water partition coefficient (Wildman–Crippen LogP) is 15.0. The molecule has 276 valence electrons. The van der Waals surface area contributed by atoms with Crippen molar-refractivity contribution in [1.29, 1.82) is 0 Å². The lowest BCUT2D eigenvalue weighted by molar-refractivity contribution is 0.428. The van der Waals surface area contributed by atoms with Crippen molar-refractivity contribution in [3.63, 3.8) is 0 Å². The summed E-state index contributed by atoms with van der Waals surface area (Å²) in [7, 11) is 0. The standard InChI is InChI=1S/C56H42N2/c1-55(2)48-16-8-7-15-44(48)45-32-29-43(35-50(45)55)57(41-25-19-37(20-26-41)36-12-5-4-6-13-36)42-27-21-38(22-28-42)40-24-30-46-47-31-23-39-14-11-17-49-53(39)54(47)58(51(46)34-40)52-18-9-10-33-56(49,52)3/h4-35,52H,1-3H3. The topological polar surface area (TPSA) is 8.17 Å². The Hall–Kier alpha value is -6.90. The van der Waals surface area contributed by atoms with Gasteiger partial charge in [0.25, 0.3) is 0 Å². The van der Waals surface area contributed by atoms with Gasteiger partial charge in [-0.25, -0.2) is 0 Å². The largest absolute Gasteiger partial charge is 0.332 e. The van der Waals surface area contributed by atoms with Crippen LogP contribution in [0.4, 0.5) is 17.1 Å². The van der Waals surface area contributed by atoms with E-state index in [4.69, 9.17) is 0 Å². The molecule has 58 heavy (non-hydrogen) atoms. The third-order valence-corrected chi connectivity index (χ3v) is 13.6. The SMILES string of the molecule is CC1(C)c2ccccc2-c2ccc(N(c3ccc(-c4ccccc4)cc3)c3ccc(-c4ccc5c6ccc7cccc8c7c6n(c5c4)C4C=CC=CC84C)cc3)cc21. The quantitative estimate of drug-likeness (QED) is 0.170. The first-order chi connectivity index (χ1) is 28.4. The molecule has 1 aliphatic heterocycles. The molecule has 2 atom stereocenters. The minimum Gasteiger partial charge on any atom is -0.332 e. The van der Waals surface area contributed by atoms with Gasteiger partial charge in [-0.2, -0.15) is 0 Å². The summed E-state index contributed by atoms with van der Waals surface area (Å²) in [5.41, 5.74) is 17.5. The summed E-state index contributed by atoms with van der Waals surface area (Å²) in [6.45, 7) is 7.12. The van der Waals surface area contributed by atoms with Crippen LogP contribution in [0.3, 0.4) is 0 Å². The Morgan fingerprint density at radius 1 is 0.483 bits per heavy atom. The molecule has 3 aliphatic rings. The first-order valence-electron chi connectivity index (χ1n) is 20.5. The highest BCUT2D eigenvalue weighted by atomic mass is 15.1. The summed E-state index contributed by atoms with van der Waals surface area (Å²) >= 11 is 0. The molecule has 2 unspecified atom stereocenters. The highest BCUT2D eigenvalue weighted by molar-refractivity contribution is 6.20. The second-order valence-electron chi connectivity index (χ2n) is 17.1. The van der Waals surface area contributed by atoms with Crippen molar-refractivity contribution >= 4 is 49.6 Å². The smallest absolute Gasteiger partial charge is 0.0655 e. The Morgan fingerprint density at radius 2 is 1.12 bits per heavy atom. The summed E-state index contributed by atoms with van der Waals surface area (Å²) in [6.07, 6.45) is 9.25. The summed E-state index contributed by atoms with van der Waals surface area (Å²) < 4.78 is 2.63. The molecule has 12 rings (SSSR count). The molecule has 2 heterocycles. The third kappa shape index (κ3) is 4.60. The molecule has 9 aromatic rings. The lowest BCUT2D eigenvalue weighted by atomic mass is 9.70. The van der Waals surface area contributed by atoms with Gasteiger partial charge in [-0.05, 0) is 105 Å². The molecule has 0 radical (unpaired) electrons. The van der Waals surface area contributed by atoms with Crippen molar-refractivity contribution in [1.82, 2.24) is 4.57 Å². The molecule has 0 N–H and O–H groups in total. The van der Waals surface area contributed by atoms with Gasteiger partial charge < -0.3 is 9.47 Å². The Labute approximate surface area is 339 Å². The molecule has 0 amide bonds. The van der Waals surface area contributed by atoms with Crippen LogP contribution < -0.4 is 4.90 Å². The fourth-order valence-corrected chi connectivity index (χ4v) is 10.7. The number of anilines is 3. The molecule has 1 aromatic heterocycles. The van der Waals surface area contributed by atoms with Gasteiger partial charge in [0.05, 0.1) is 17.1 Å². The number of benzene rings is 8. The number of hydrogen-bond acceptors (Lipinski definition) is 1. The number of aromatic nitrogens is 1. The van der Waals surface area contributed by atoms with Crippen LogP contribution in [0.15, 0.2) is 194 Å². The van der Waals surface area contributed by atoms with E-state index in [0.29, 0.717) is 0 Å². The van der Waals surface area contributed by atoms with E-state index in [-0.39, 0.29) is 16.9 Å². The summed E-state index contributed by atoms with van der Waals surface area (Å²) in [6, 6.07) is 63.5. The highest BCUT2D eigenvalue weighted by Gasteiger charge is 2.41. The van der Waals surface area contributed by atoms with Crippen molar-refractivity contribution in [2.45, 2.75) is 37.6 Å². The van der Waals surface area contributed by atoms with Crippen LogP contribution in [0.25, 0.3) is 66.0 Å². The molecule has 8 aromatic carbocycles. The van der Waals surface area contributed by atoms with E-state index >= 15 is 0 Å². The van der Waals surface area contributed by atoms with Gasteiger partial charge in [0.2, 0.25) is 0 Å². The Bertz CT molecular complexity index is 3200. The van der Waals surface area contributed by atoms with Gasteiger partial charge in [-0.1, -0.05) is 166 Å². The van der Waals surface area contributed by atoms with Crippen LogP contribution in [0, 0.1) is 0 Å². The summed E-state index contributed by atoms with van der Waals surface area (Å²) in [5.74, 6) is 0. The van der Waals surface area contributed by atoms with Crippen molar-refractivity contribution in [2.24, 2.45) is 0 Å². The lowest BCUT2D eigenvalue weighted by Gasteiger charge is -2.41. The molecule has 0 fully saturated rings. The zero-order valence-electron chi connectivity index (χ0n) is 32.9. The molecule has 0 saturated heterocycles. The fourth-order valence-electron chi connectivity index (χ4n) is 10.7. The minimum atomic E-state index is -0.128. The zero-order chi connectivity index (χ0) is 38.8. The van der Waals surface area contributed by atoms with Gasteiger partial charge in [0.1, 0.15) is 0 Å². The van der Waals surface area contributed by atoms with E-state index < -0.39 is 0 Å². The van der Waals surface area contributed by atoms with E-state index in [0.717, 1.165) is 17.1 Å². The van der Waals surface area contributed by atoms with Crippen LogP contribution in [0.2, 0.25) is 0 Å². The van der Waals surface area contributed by atoms with E-state index in [1.165, 1.54) is 82.6 Å². The van der Waals surface area contributed by atoms with Gasteiger partial charge in [-0.3, -0.25) is 0 Å². The minimum absolute atomic E-state index is 0.0921. The van der Waals surface area contributed by atoms with Crippen LogP contribution >= 0.6 is 0 Å². The van der Waals surface area contributed by atoms with Crippen molar-refractivity contribution in [2.75, 3.05) is 4.90 Å². The maximum Gasteiger partial charge on any atom is 0.0655 e. The van der Waals surface area contributed by atoms with E-state index in [1.54, 1.807) is 0 Å². The molecule has 2 nitrogen and oxygen atoms in total. The molecule has 0 spiro atoms. The Balaban J connectivity index is 0.983. The second-order valence-corrected chi connectivity index (χ2v) is 17.1. The third-order valence-electron chi connectivity index (χ3n) is 13.6. The lowest BCUT2D eigenvalue weighted by Crippen LogP contribution is -2.35. The Morgan fingerprint density at radius 3 is 1.91 bits per heavy atom.